The minimum absolute atomic E-state index is 0.0940. The summed E-state index contributed by atoms with van der Waals surface area (Å²) in [5.74, 6) is -0.292. The van der Waals surface area contributed by atoms with Gasteiger partial charge in [0.2, 0.25) is 10.0 Å². The van der Waals surface area contributed by atoms with E-state index in [1.807, 2.05) is 32.2 Å². The number of nitrogens with one attached hydrogen (secondary N) is 2. The van der Waals surface area contributed by atoms with E-state index in [1.165, 1.54) is 0 Å². The fourth-order valence-corrected chi connectivity index (χ4v) is 3.82. The van der Waals surface area contributed by atoms with Crippen molar-refractivity contribution in [2.24, 2.45) is 0 Å². The molecule has 0 aliphatic rings. The highest BCUT2D eigenvalue weighted by Crippen LogP contribution is 2.13. The highest BCUT2D eigenvalue weighted by molar-refractivity contribution is 7.89. The minimum Gasteiger partial charge on any atom is -0.349 e. The Morgan fingerprint density at radius 3 is 2.37 bits per heavy atom. The normalized spacial score (nSPS) is 11.7. The van der Waals surface area contributed by atoms with Gasteiger partial charge >= 0.3 is 0 Å². The third-order valence-corrected chi connectivity index (χ3v) is 5.67. The lowest BCUT2D eigenvalue weighted by Crippen LogP contribution is -2.35. The first-order chi connectivity index (χ1) is 12.8. The number of benzene rings is 1. The predicted octanol–water partition coefficient (Wildman–Crippen LogP) is 1.97. The van der Waals surface area contributed by atoms with Crippen LogP contribution < -0.4 is 10.0 Å². The molecule has 7 nitrogen and oxygen atoms in total. The number of hydrogen-bond donors (Lipinski definition) is 2. The molecule has 8 heteroatoms. The van der Waals surface area contributed by atoms with E-state index in [-0.39, 0.29) is 23.9 Å². The van der Waals surface area contributed by atoms with Crippen molar-refractivity contribution in [3.8, 4) is 0 Å². The molecule has 0 aliphatic carbocycles. The van der Waals surface area contributed by atoms with Crippen LogP contribution in [0.3, 0.4) is 0 Å². The minimum atomic E-state index is -3.60. The van der Waals surface area contributed by atoms with Gasteiger partial charge in [-0.05, 0) is 44.5 Å². The maximum atomic E-state index is 12.5. The molecule has 27 heavy (non-hydrogen) atoms. The van der Waals surface area contributed by atoms with Crippen LogP contribution >= 0.6 is 0 Å². The average Bonchev–Trinajstić information content (AvgIpc) is 2.94. The lowest BCUT2D eigenvalue weighted by Gasteiger charge is -2.09. The summed E-state index contributed by atoms with van der Waals surface area (Å²) in [6.07, 6.45) is 1.85. The Hall–Kier alpha value is -2.71. The Morgan fingerprint density at radius 1 is 1.00 bits per heavy atom. The molecule has 1 amide bonds. The van der Waals surface area contributed by atoms with Crippen molar-refractivity contribution >= 4 is 21.6 Å². The summed E-state index contributed by atoms with van der Waals surface area (Å²) in [6.45, 7) is 5.87. The highest BCUT2D eigenvalue weighted by atomic mass is 32.2. The molecular formula is C19H22N4O3S. The van der Waals surface area contributed by atoms with Crippen molar-refractivity contribution in [1.29, 1.82) is 0 Å². The van der Waals surface area contributed by atoms with Crippen molar-refractivity contribution in [3.63, 3.8) is 0 Å². The van der Waals surface area contributed by atoms with Crippen LogP contribution in [0.5, 0.6) is 0 Å². The van der Waals surface area contributed by atoms with E-state index < -0.39 is 10.0 Å². The molecule has 0 unspecified atom stereocenters. The lowest BCUT2D eigenvalue weighted by atomic mass is 10.2. The molecule has 1 aromatic carbocycles. The van der Waals surface area contributed by atoms with Crippen molar-refractivity contribution in [1.82, 2.24) is 19.4 Å². The Bertz CT molecular complexity index is 1090. The van der Waals surface area contributed by atoms with Crippen molar-refractivity contribution in [2.75, 3.05) is 13.1 Å². The molecule has 142 valence electrons. The van der Waals surface area contributed by atoms with E-state index in [4.69, 9.17) is 0 Å². The monoisotopic (exact) mass is 386 g/mol. The summed E-state index contributed by atoms with van der Waals surface area (Å²) in [5.41, 5.74) is 3.77. The molecule has 0 spiro atoms. The maximum Gasteiger partial charge on any atom is 0.270 e. The first kappa shape index (κ1) is 19.1. The van der Waals surface area contributed by atoms with Crippen LogP contribution in [0.2, 0.25) is 0 Å². The third-order valence-electron chi connectivity index (χ3n) is 4.19. The van der Waals surface area contributed by atoms with Gasteiger partial charge in [-0.3, -0.25) is 9.20 Å². The summed E-state index contributed by atoms with van der Waals surface area (Å²) in [7, 11) is -3.60. The van der Waals surface area contributed by atoms with Gasteiger partial charge in [0.1, 0.15) is 11.3 Å². The molecule has 2 aromatic heterocycles. The number of sulfonamides is 1. The number of hydrogen-bond acceptors (Lipinski definition) is 4. The van der Waals surface area contributed by atoms with E-state index in [2.05, 4.69) is 15.0 Å². The fourth-order valence-electron chi connectivity index (χ4n) is 2.79. The summed E-state index contributed by atoms with van der Waals surface area (Å²) in [4.78, 5) is 17.1. The van der Waals surface area contributed by atoms with Crippen LogP contribution in [0.1, 0.15) is 27.3 Å². The van der Waals surface area contributed by atoms with E-state index in [0.717, 1.165) is 11.1 Å². The zero-order valence-corrected chi connectivity index (χ0v) is 16.3. The molecule has 0 saturated heterocycles. The standard InChI is InChI=1S/C19H22N4O3S/c1-13-4-7-16(8-5-13)27(25,26)21-11-10-20-19(24)18-15(3)22-17-9-6-14(2)12-23(17)18/h4-9,12,21H,10-11H2,1-3H3,(H,20,24). The second-order valence-corrected chi connectivity index (χ2v) is 8.21. The maximum absolute atomic E-state index is 12.5. The van der Waals surface area contributed by atoms with Gasteiger partial charge in [-0.1, -0.05) is 23.8 Å². The van der Waals surface area contributed by atoms with E-state index in [0.29, 0.717) is 17.0 Å². The summed E-state index contributed by atoms with van der Waals surface area (Å²) in [5, 5.41) is 2.74. The Morgan fingerprint density at radius 2 is 1.67 bits per heavy atom. The zero-order valence-electron chi connectivity index (χ0n) is 15.5. The van der Waals surface area contributed by atoms with Crippen LogP contribution in [-0.4, -0.2) is 36.8 Å². The van der Waals surface area contributed by atoms with Gasteiger partial charge in [-0.25, -0.2) is 18.1 Å². The number of fused-ring (bicyclic) bond motifs is 1. The fraction of sp³-hybridized carbons (Fsp3) is 0.263. The number of amides is 1. The topological polar surface area (TPSA) is 92.6 Å². The highest BCUT2D eigenvalue weighted by Gasteiger charge is 2.17. The smallest absolute Gasteiger partial charge is 0.270 e. The number of carbonyl (C=O) groups excluding carboxylic acids is 1. The Balaban J connectivity index is 1.63. The molecule has 2 heterocycles. The number of rotatable bonds is 6. The molecule has 0 bridgehead atoms. The van der Waals surface area contributed by atoms with Gasteiger partial charge in [0.15, 0.2) is 0 Å². The molecule has 3 aromatic rings. The predicted molar refractivity (Wildman–Crippen MR) is 103 cm³/mol. The van der Waals surface area contributed by atoms with Crippen LogP contribution in [-0.2, 0) is 10.0 Å². The van der Waals surface area contributed by atoms with Crippen LogP contribution in [0, 0.1) is 20.8 Å². The van der Waals surface area contributed by atoms with Crippen LogP contribution in [0.25, 0.3) is 5.65 Å². The first-order valence-corrected chi connectivity index (χ1v) is 10.1. The molecule has 0 radical (unpaired) electrons. The number of carbonyl (C=O) groups is 1. The lowest BCUT2D eigenvalue weighted by molar-refractivity contribution is 0.0948. The third kappa shape index (κ3) is 4.17. The second-order valence-electron chi connectivity index (χ2n) is 6.45. The Kier molecular flexibility index (Phi) is 5.29. The first-order valence-electron chi connectivity index (χ1n) is 8.58. The largest absolute Gasteiger partial charge is 0.349 e. The molecule has 0 saturated carbocycles. The number of nitrogens with zero attached hydrogens (tertiary/aromatic N) is 2. The zero-order chi connectivity index (χ0) is 19.6. The summed E-state index contributed by atoms with van der Waals surface area (Å²) < 4.78 is 28.7. The molecule has 3 rings (SSSR count). The van der Waals surface area contributed by atoms with E-state index in [1.54, 1.807) is 35.6 Å². The second kappa shape index (κ2) is 7.50. The number of imidazole rings is 1. The summed E-state index contributed by atoms with van der Waals surface area (Å²) >= 11 is 0. The molecule has 0 atom stereocenters. The molecule has 0 aliphatic heterocycles. The number of aromatic nitrogens is 2. The van der Waals surface area contributed by atoms with E-state index >= 15 is 0 Å². The SMILES string of the molecule is Cc1ccc(S(=O)(=O)NCCNC(=O)c2c(C)nc3ccc(C)cn23)cc1. The van der Waals surface area contributed by atoms with Gasteiger partial charge in [0, 0.05) is 19.3 Å². The van der Waals surface area contributed by atoms with E-state index in [9.17, 15) is 13.2 Å². The quantitative estimate of drug-likeness (QED) is 0.634. The van der Waals surface area contributed by atoms with Gasteiger partial charge in [0.25, 0.3) is 5.91 Å². The van der Waals surface area contributed by atoms with Crippen LogP contribution in [0.4, 0.5) is 0 Å². The van der Waals surface area contributed by atoms with Gasteiger partial charge in [-0.2, -0.15) is 0 Å². The van der Waals surface area contributed by atoms with Crippen molar-refractivity contribution < 1.29 is 13.2 Å². The van der Waals surface area contributed by atoms with Gasteiger partial charge < -0.3 is 5.32 Å². The number of aryl methyl sites for hydroxylation is 3. The van der Waals surface area contributed by atoms with Gasteiger partial charge in [-0.15, -0.1) is 0 Å². The van der Waals surface area contributed by atoms with Gasteiger partial charge in [0.05, 0.1) is 10.6 Å². The summed E-state index contributed by atoms with van der Waals surface area (Å²) in [6, 6.07) is 10.4. The molecule has 2 N–H and O–H groups in total. The molecular weight excluding hydrogens is 364 g/mol. The Labute approximate surface area is 158 Å². The molecule has 0 fully saturated rings. The van der Waals surface area contributed by atoms with Crippen molar-refractivity contribution in [2.45, 2.75) is 25.7 Å². The number of pyridine rings is 1. The van der Waals surface area contributed by atoms with Crippen molar-refractivity contribution in [3.05, 3.63) is 65.1 Å². The van der Waals surface area contributed by atoms with Crippen LogP contribution in [0.15, 0.2) is 47.5 Å². The average molecular weight is 386 g/mol.